The van der Waals surface area contributed by atoms with Crippen LogP contribution in [0.4, 0.5) is 0 Å². The quantitative estimate of drug-likeness (QED) is 0.567. The Bertz CT molecular complexity index is 121. The zero-order valence-corrected chi connectivity index (χ0v) is 5.96. The van der Waals surface area contributed by atoms with Gasteiger partial charge in [-0.3, -0.25) is 0 Å². The minimum atomic E-state index is 1.88. The Morgan fingerprint density at radius 3 is 2.22 bits per heavy atom. The zero-order chi connectivity index (χ0) is 6.95. The van der Waals surface area contributed by atoms with Gasteiger partial charge in [0.25, 0.3) is 0 Å². The SMILES string of the molecule is CC=C/C=C\NC=CC. The van der Waals surface area contributed by atoms with Gasteiger partial charge in [0.15, 0.2) is 0 Å². The molecule has 0 aliphatic heterocycles. The van der Waals surface area contributed by atoms with Crippen LogP contribution in [0.3, 0.4) is 0 Å². The van der Waals surface area contributed by atoms with Gasteiger partial charge in [0, 0.05) is 6.20 Å². The van der Waals surface area contributed by atoms with Gasteiger partial charge in [0.2, 0.25) is 0 Å². The molecule has 0 fully saturated rings. The van der Waals surface area contributed by atoms with Crippen molar-refractivity contribution in [1.29, 1.82) is 0 Å². The smallest absolute Gasteiger partial charge is 0.000418 e. The lowest BCUT2D eigenvalue weighted by Crippen LogP contribution is -1.88. The van der Waals surface area contributed by atoms with Gasteiger partial charge in [-0.1, -0.05) is 18.2 Å². The Morgan fingerprint density at radius 1 is 0.889 bits per heavy atom. The molecule has 1 N–H and O–H groups in total. The van der Waals surface area contributed by atoms with Crippen molar-refractivity contribution < 1.29 is 0 Å². The molecule has 0 atom stereocenters. The third kappa shape index (κ3) is 7.02. The summed E-state index contributed by atoms with van der Waals surface area (Å²) in [5, 5.41) is 2.96. The normalized spacial score (nSPS) is 12.2. The molecular weight excluding hydrogens is 110 g/mol. The molecule has 0 aromatic carbocycles. The van der Waals surface area contributed by atoms with Crippen molar-refractivity contribution in [2.24, 2.45) is 0 Å². The summed E-state index contributed by atoms with van der Waals surface area (Å²) in [5.41, 5.74) is 0. The minimum Gasteiger partial charge on any atom is -0.368 e. The van der Waals surface area contributed by atoms with Gasteiger partial charge in [-0.25, -0.2) is 0 Å². The van der Waals surface area contributed by atoms with Crippen LogP contribution in [0.2, 0.25) is 0 Å². The summed E-state index contributed by atoms with van der Waals surface area (Å²) in [4.78, 5) is 0. The average Bonchev–Trinajstić information content (AvgIpc) is 1.89. The molecule has 50 valence electrons. The van der Waals surface area contributed by atoms with Crippen molar-refractivity contribution in [2.75, 3.05) is 0 Å². The largest absolute Gasteiger partial charge is 0.368 e. The zero-order valence-electron chi connectivity index (χ0n) is 5.96. The number of hydrogen-bond donors (Lipinski definition) is 1. The fourth-order valence-corrected chi connectivity index (χ4v) is 0.374. The highest BCUT2D eigenvalue weighted by atomic mass is 14.8. The number of allylic oxidation sites excluding steroid dienone is 4. The van der Waals surface area contributed by atoms with Gasteiger partial charge >= 0.3 is 0 Å². The molecule has 9 heavy (non-hydrogen) atoms. The molecular formula is C8H13N. The molecule has 0 amide bonds. The molecule has 0 spiro atoms. The summed E-state index contributed by atoms with van der Waals surface area (Å²) in [7, 11) is 0. The summed E-state index contributed by atoms with van der Waals surface area (Å²) < 4.78 is 0. The summed E-state index contributed by atoms with van der Waals surface area (Å²) in [5.74, 6) is 0. The first-order valence-corrected chi connectivity index (χ1v) is 3.07. The predicted molar refractivity (Wildman–Crippen MR) is 41.9 cm³/mol. The molecule has 0 heterocycles. The van der Waals surface area contributed by atoms with E-state index in [9.17, 15) is 0 Å². The maximum Gasteiger partial charge on any atom is 0.000418 e. The van der Waals surface area contributed by atoms with Crippen molar-refractivity contribution >= 4 is 0 Å². The Morgan fingerprint density at radius 2 is 1.67 bits per heavy atom. The van der Waals surface area contributed by atoms with Crippen molar-refractivity contribution in [3.63, 3.8) is 0 Å². The Balaban J connectivity index is 3.25. The second kappa shape index (κ2) is 7.02. The number of hydrogen-bond acceptors (Lipinski definition) is 1. The van der Waals surface area contributed by atoms with E-state index in [-0.39, 0.29) is 0 Å². The number of nitrogens with one attached hydrogen (secondary N) is 1. The Labute approximate surface area is 56.8 Å². The third-order valence-corrected chi connectivity index (χ3v) is 0.759. The minimum absolute atomic E-state index is 1.88. The first kappa shape index (κ1) is 8.02. The standard InChI is InChI=1S/C8H13N/c1-3-5-6-8-9-7-4-2/h3-9H,1-2H3/b5-3?,7-4?,8-6-. The third-order valence-electron chi connectivity index (χ3n) is 0.759. The first-order valence-electron chi connectivity index (χ1n) is 3.07. The fraction of sp³-hybridized carbons (Fsp3) is 0.250. The molecule has 0 radical (unpaired) electrons. The Hall–Kier alpha value is -0.980. The summed E-state index contributed by atoms with van der Waals surface area (Å²) in [6.45, 7) is 3.95. The van der Waals surface area contributed by atoms with E-state index in [1.54, 1.807) is 0 Å². The van der Waals surface area contributed by atoms with Crippen molar-refractivity contribution in [3.05, 3.63) is 36.7 Å². The van der Waals surface area contributed by atoms with Crippen LogP contribution < -0.4 is 5.32 Å². The van der Waals surface area contributed by atoms with E-state index >= 15 is 0 Å². The van der Waals surface area contributed by atoms with Gasteiger partial charge in [-0.05, 0) is 26.1 Å². The van der Waals surface area contributed by atoms with Gasteiger partial charge in [-0.15, -0.1) is 0 Å². The second-order valence-corrected chi connectivity index (χ2v) is 1.55. The van der Waals surface area contributed by atoms with E-state index in [0.29, 0.717) is 0 Å². The van der Waals surface area contributed by atoms with Crippen molar-refractivity contribution in [2.45, 2.75) is 13.8 Å². The average molecular weight is 123 g/mol. The molecule has 1 heteroatoms. The molecule has 0 aromatic rings. The fourth-order valence-electron chi connectivity index (χ4n) is 0.374. The number of rotatable bonds is 3. The van der Waals surface area contributed by atoms with Gasteiger partial charge < -0.3 is 5.32 Å². The molecule has 0 aliphatic rings. The molecule has 0 bridgehead atoms. The second-order valence-electron chi connectivity index (χ2n) is 1.55. The van der Waals surface area contributed by atoms with Crippen LogP contribution in [0, 0.1) is 0 Å². The molecule has 0 aliphatic carbocycles. The molecule has 0 saturated carbocycles. The molecule has 1 nitrogen and oxygen atoms in total. The highest BCUT2D eigenvalue weighted by Crippen LogP contribution is 1.72. The van der Waals surface area contributed by atoms with E-state index in [1.807, 2.05) is 50.6 Å². The van der Waals surface area contributed by atoms with E-state index in [0.717, 1.165) is 0 Å². The van der Waals surface area contributed by atoms with E-state index < -0.39 is 0 Å². The lowest BCUT2D eigenvalue weighted by molar-refractivity contribution is 1.19. The summed E-state index contributed by atoms with van der Waals surface area (Å²) in [6.07, 6.45) is 11.6. The van der Waals surface area contributed by atoms with Crippen LogP contribution in [0.1, 0.15) is 13.8 Å². The van der Waals surface area contributed by atoms with E-state index in [4.69, 9.17) is 0 Å². The van der Waals surface area contributed by atoms with Crippen LogP contribution in [-0.4, -0.2) is 0 Å². The van der Waals surface area contributed by atoms with Crippen molar-refractivity contribution in [3.8, 4) is 0 Å². The highest BCUT2D eigenvalue weighted by molar-refractivity contribution is 5.01. The molecule has 0 aromatic heterocycles. The van der Waals surface area contributed by atoms with Gasteiger partial charge in [-0.2, -0.15) is 0 Å². The van der Waals surface area contributed by atoms with Crippen LogP contribution >= 0.6 is 0 Å². The lowest BCUT2D eigenvalue weighted by atomic mass is 10.5. The van der Waals surface area contributed by atoms with Gasteiger partial charge in [0.1, 0.15) is 0 Å². The lowest BCUT2D eigenvalue weighted by Gasteiger charge is -1.83. The summed E-state index contributed by atoms with van der Waals surface area (Å²) in [6, 6.07) is 0. The van der Waals surface area contributed by atoms with Gasteiger partial charge in [0.05, 0.1) is 0 Å². The van der Waals surface area contributed by atoms with Crippen LogP contribution in [0.15, 0.2) is 36.7 Å². The molecule has 0 unspecified atom stereocenters. The topological polar surface area (TPSA) is 12.0 Å². The van der Waals surface area contributed by atoms with Crippen molar-refractivity contribution in [1.82, 2.24) is 5.32 Å². The van der Waals surface area contributed by atoms with Crippen LogP contribution in [-0.2, 0) is 0 Å². The summed E-state index contributed by atoms with van der Waals surface area (Å²) >= 11 is 0. The maximum absolute atomic E-state index is 2.96. The van der Waals surface area contributed by atoms with Crippen LogP contribution in [0.25, 0.3) is 0 Å². The van der Waals surface area contributed by atoms with E-state index in [2.05, 4.69) is 5.32 Å². The monoisotopic (exact) mass is 123 g/mol. The predicted octanol–water partition coefficient (Wildman–Crippen LogP) is 2.20. The van der Waals surface area contributed by atoms with E-state index in [1.165, 1.54) is 0 Å². The molecule has 0 rings (SSSR count). The maximum atomic E-state index is 2.96. The first-order chi connectivity index (χ1) is 4.41. The highest BCUT2D eigenvalue weighted by Gasteiger charge is 1.59. The Kier molecular flexibility index (Phi) is 6.26. The molecule has 0 saturated heterocycles. The van der Waals surface area contributed by atoms with Crippen LogP contribution in [0.5, 0.6) is 0 Å².